The van der Waals surface area contributed by atoms with Crippen molar-refractivity contribution in [2.45, 2.75) is 20.3 Å². The first-order valence-electron chi connectivity index (χ1n) is 7.76. The Kier molecular flexibility index (Phi) is 4.85. The van der Waals surface area contributed by atoms with E-state index in [1.165, 1.54) is 22.2 Å². The largest absolute Gasteiger partial charge is 0.466 e. The average molecular weight is 376 g/mol. The van der Waals surface area contributed by atoms with Crippen molar-refractivity contribution in [2.24, 2.45) is 7.05 Å². The average Bonchev–Trinajstić information content (AvgIpc) is 3.15. The van der Waals surface area contributed by atoms with Crippen LogP contribution < -0.4 is 10.9 Å². The van der Waals surface area contributed by atoms with E-state index in [1.54, 1.807) is 26.3 Å². The fourth-order valence-corrected chi connectivity index (χ4v) is 3.13. The SMILES string of the molecule is CCOC(=O)Cc1csc(NC(=O)c2c(C)oc3ncn(C)c(=O)c23)n1. The van der Waals surface area contributed by atoms with E-state index < -0.39 is 5.91 Å². The van der Waals surface area contributed by atoms with Crippen molar-refractivity contribution >= 4 is 39.4 Å². The molecule has 9 nitrogen and oxygen atoms in total. The summed E-state index contributed by atoms with van der Waals surface area (Å²) in [6.07, 6.45) is 1.36. The first-order valence-corrected chi connectivity index (χ1v) is 8.64. The fraction of sp³-hybridized carbons (Fsp3) is 0.312. The van der Waals surface area contributed by atoms with Crippen LogP contribution in [0, 0.1) is 6.92 Å². The van der Waals surface area contributed by atoms with Gasteiger partial charge in [0.2, 0.25) is 5.71 Å². The molecule has 0 bridgehead atoms. The van der Waals surface area contributed by atoms with Crippen LogP contribution >= 0.6 is 11.3 Å². The number of rotatable bonds is 5. The summed E-state index contributed by atoms with van der Waals surface area (Å²) in [5.74, 6) is -0.623. The molecule has 136 valence electrons. The molecule has 3 heterocycles. The number of aromatic nitrogens is 3. The maximum atomic E-state index is 12.6. The highest BCUT2D eigenvalue weighted by Crippen LogP contribution is 2.23. The van der Waals surface area contributed by atoms with Crippen molar-refractivity contribution in [2.75, 3.05) is 11.9 Å². The molecule has 26 heavy (non-hydrogen) atoms. The Hall–Kier alpha value is -3.01. The molecule has 0 aliphatic carbocycles. The van der Waals surface area contributed by atoms with Gasteiger partial charge < -0.3 is 13.7 Å². The smallest absolute Gasteiger partial charge is 0.311 e. The van der Waals surface area contributed by atoms with E-state index in [-0.39, 0.29) is 40.4 Å². The minimum Gasteiger partial charge on any atom is -0.466 e. The Morgan fingerprint density at radius 3 is 2.92 bits per heavy atom. The highest BCUT2D eigenvalue weighted by molar-refractivity contribution is 7.14. The van der Waals surface area contributed by atoms with Crippen molar-refractivity contribution < 1.29 is 18.7 Å². The van der Waals surface area contributed by atoms with Gasteiger partial charge in [0, 0.05) is 12.4 Å². The summed E-state index contributed by atoms with van der Waals surface area (Å²) < 4.78 is 11.6. The van der Waals surface area contributed by atoms with Gasteiger partial charge in [-0.25, -0.2) is 9.97 Å². The Morgan fingerprint density at radius 1 is 1.42 bits per heavy atom. The number of esters is 1. The van der Waals surface area contributed by atoms with Crippen molar-refractivity contribution in [1.29, 1.82) is 0 Å². The van der Waals surface area contributed by atoms with E-state index in [9.17, 15) is 14.4 Å². The maximum absolute atomic E-state index is 12.6. The number of aryl methyl sites for hydroxylation is 2. The second-order valence-electron chi connectivity index (χ2n) is 5.45. The molecule has 0 spiro atoms. The number of carbonyl (C=O) groups is 2. The number of thiazole rings is 1. The van der Waals surface area contributed by atoms with Crippen LogP contribution in [0.1, 0.15) is 28.7 Å². The van der Waals surface area contributed by atoms with Crippen LogP contribution in [-0.4, -0.2) is 33.0 Å². The summed E-state index contributed by atoms with van der Waals surface area (Å²) in [6.45, 7) is 3.60. The van der Waals surface area contributed by atoms with Crippen molar-refractivity contribution in [3.63, 3.8) is 0 Å². The summed E-state index contributed by atoms with van der Waals surface area (Å²) in [4.78, 5) is 44.7. The van der Waals surface area contributed by atoms with Crippen LogP contribution in [0.2, 0.25) is 0 Å². The van der Waals surface area contributed by atoms with Gasteiger partial charge in [-0.1, -0.05) is 0 Å². The molecule has 0 aliphatic rings. The van der Waals surface area contributed by atoms with E-state index in [4.69, 9.17) is 9.15 Å². The molecular formula is C16H16N4O5S. The van der Waals surface area contributed by atoms with E-state index in [0.29, 0.717) is 17.4 Å². The second kappa shape index (κ2) is 7.08. The zero-order valence-corrected chi connectivity index (χ0v) is 15.2. The molecule has 10 heteroatoms. The highest BCUT2D eigenvalue weighted by Gasteiger charge is 2.23. The van der Waals surface area contributed by atoms with Gasteiger partial charge in [-0.2, -0.15) is 0 Å². The summed E-state index contributed by atoms with van der Waals surface area (Å²) in [6, 6.07) is 0. The molecule has 0 aliphatic heterocycles. The van der Waals surface area contributed by atoms with Gasteiger partial charge >= 0.3 is 5.97 Å². The van der Waals surface area contributed by atoms with Crippen molar-refractivity contribution in [3.8, 4) is 0 Å². The van der Waals surface area contributed by atoms with Crippen LogP contribution in [0.15, 0.2) is 20.9 Å². The quantitative estimate of drug-likeness (QED) is 0.673. The topological polar surface area (TPSA) is 116 Å². The first kappa shape index (κ1) is 17.8. The van der Waals surface area contributed by atoms with Gasteiger partial charge in [-0.05, 0) is 13.8 Å². The number of amides is 1. The number of hydrogen-bond donors (Lipinski definition) is 1. The van der Waals surface area contributed by atoms with Crippen LogP contribution in [0.3, 0.4) is 0 Å². The minimum absolute atomic E-state index is 0.0261. The van der Waals surface area contributed by atoms with Gasteiger partial charge in [0.05, 0.1) is 24.3 Å². The number of furan rings is 1. The van der Waals surface area contributed by atoms with Crippen LogP contribution in [0.4, 0.5) is 5.13 Å². The fourth-order valence-electron chi connectivity index (χ4n) is 2.43. The van der Waals surface area contributed by atoms with Crippen molar-refractivity contribution in [3.05, 3.63) is 39.1 Å². The van der Waals surface area contributed by atoms with Crippen LogP contribution in [-0.2, 0) is 23.0 Å². The molecule has 0 fully saturated rings. The van der Waals surface area contributed by atoms with E-state index in [0.717, 1.165) is 0 Å². The summed E-state index contributed by atoms with van der Waals surface area (Å²) in [5, 5.41) is 4.72. The molecule has 3 aromatic heterocycles. The molecule has 3 aromatic rings. The number of fused-ring (bicyclic) bond motifs is 1. The van der Waals surface area contributed by atoms with Gasteiger partial charge in [0.1, 0.15) is 17.5 Å². The zero-order chi connectivity index (χ0) is 18.8. The van der Waals surface area contributed by atoms with Gasteiger partial charge in [-0.15, -0.1) is 11.3 Å². The monoisotopic (exact) mass is 376 g/mol. The molecule has 0 radical (unpaired) electrons. The molecule has 0 aromatic carbocycles. The lowest BCUT2D eigenvalue weighted by molar-refractivity contribution is -0.142. The molecule has 1 N–H and O–H groups in total. The normalized spacial score (nSPS) is 10.9. The molecule has 1 amide bonds. The lowest BCUT2D eigenvalue weighted by Gasteiger charge is -2.01. The number of ether oxygens (including phenoxy) is 1. The number of nitrogens with zero attached hydrogens (tertiary/aromatic N) is 3. The summed E-state index contributed by atoms with van der Waals surface area (Å²) >= 11 is 1.17. The van der Waals surface area contributed by atoms with Crippen LogP contribution in [0.5, 0.6) is 0 Å². The Morgan fingerprint density at radius 2 is 2.19 bits per heavy atom. The summed E-state index contributed by atoms with van der Waals surface area (Å²) in [7, 11) is 1.54. The lowest BCUT2D eigenvalue weighted by atomic mass is 10.2. The van der Waals surface area contributed by atoms with Gasteiger partial charge in [0.25, 0.3) is 11.5 Å². The highest BCUT2D eigenvalue weighted by atomic mass is 32.1. The van der Waals surface area contributed by atoms with Gasteiger partial charge in [-0.3, -0.25) is 19.7 Å². The predicted molar refractivity (Wildman–Crippen MR) is 94.4 cm³/mol. The first-order chi connectivity index (χ1) is 12.4. The third kappa shape index (κ3) is 3.36. The molecule has 3 rings (SSSR count). The molecule has 0 saturated heterocycles. The molecule has 0 saturated carbocycles. The van der Waals surface area contributed by atoms with E-state index >= 15 is 0 Å². The third-order valence-corrected chi connectivity index (χ3v) is 4.38. The number of carbonyl (C=O) groups excluding carboxylic acids is 2. The Labute approximate surface area is 151 Å². The molecular weight excluding hydrogens is 360 g/mol. The number of anilines is 1. The standard InChI is InChI=1S/C16H16N4O5S/c1-4-24-10(21)5-9-6-26-16(18-9)19-13(22)11-8(2)25-14-12(11)15(23)20(3)7-17-14/h6-7H,4-5H2,1-3H3,(H,18,19,22). The van der Waals surface area contributed by atoms with E-state index in [2.05, 4.69) is 15.3 Å². The van der Waals surface area contributed by atoms with Crippen molar-refractivity contribution in [1.82, 2.24) is 14.5 Å². The predicted octanol–water partition coefficient (Wildman–Crippen LogP) is 1.65. The third-order valence-electron chi connectivity index (χ3n) is 3.58. The number of hydrogen-bond acceptors (Lipinski definition) is 8. The second-order valence-corrected chi connectivity index (χ2v) is 6.31. The Bertz CT molecular complexity index is 1050. The molecule has 0 atom stereocenters. The van der Waals surface area contributed by atoms with Crippen LogP contribution in [0.25, 0.3) is 11.1 Å². The Balaban J connectivity index is 1.85. The minimum atomic E-state index is -0.525. The summed E-state index contributed by atoms with van der Waals surface area (Å²) in [5.41, 5.74) is 0.350. The zero-order valence-electron chi connectivity index (χ0n) is 14.4. The van der Waals surface area contributed by atoms with E-state index in [1.807, 2.05) is 0 Å². The number of nitrogens with one attached hydrogen (secondary N) is 1. The molecule has 0 unspecified atom stereocenters. The lowest BCUT2D eigenvalue weighted by Crippen LogP contribution is -2.20. The van der Waals surface area contributed by atoms with Gasteiger partial charge in [0.15, 0.2) is 5.13 Å². The maximum Gasteiger partial charge on any atom is 0.311 e.